The number of aromatic nitrogens is 5. The zero-order chi connectivity index (χ0) is 21.4. The largest absolute Gasteiger partial charge is 0.380 e. The Labute approximate surface area is 180 Å². The number of amides is 1. The van der Waals surface area contributed by atoms with Gasteiger partial charge in [0.1, 0.15) is 11.5 Å². The second-order valence-electron chi connectivity index (χ2n) is 9.08. The molecule has 2 aliphatic heterocycles. The first-order chi connectivity index (χ1) is 15.0. The van der Waals surface area contributed by atoms with Gasteiger partial charge in [0.05, 0.1) is 30.6 Å². The molecule has 0 spiro atoms. The van der Waals surface area contributed by atoms with Gasteiger partial charge in [0.15, 0.2) is 0 Å². The van der Waals surface area contributed by atoms with Crippen molar-refractivity contribution in [3.05, 3.63) is 30.6 Å². The lowest BCUT2D eigenvalue weighted by Gasteiger charge is -2.43. The molecule has 1 amide bonds. The number of hydrogen-bond donors (Lipinski definition) is 1. The van der Waals surface area contributed by atoms with Crippen LogP contribution >= 0.6 is 0 Å². The summed E-state index contributed by atoms with van der Waals surface area (Å²) in [5.41, 5.74) is 2.49. The number of hydrogen-bond acceptors (Lipinski definition) is 7. The maximum atomic E-state index is 12.8. The molecule has 3 aromatic heterocycles. The van der Waals surface area contributed by atoms with E-state index in [0.717, 1.165) is 62.3 Å². The van der Waals surface area contributed by atoms with Gasteiger partial charge in [-0.2, -0.15) is 0 Å². The van der Waals surface area contributed by atoms with Gasteiger partial charge in [0, 0.05) is 42.6 Å². The number of ether oxygens (including phenoxy) is 1. The van der Waals surface area contributed by atoms with E-state index in [-0.39, 0.29) is 17.2 Å². The molecule has 9 heteroatoms. The molecule has 0 radical (unpaired) electrons. The number of aryl methyl sites for hydroxylation is 1. The second kappa shape index (κ2) is 7.97. The van der Waals surface area contributed by atoms with E-state index in [1.807, 2.05) is 31.4 Å². The Bertz CT molecular complexity index is 1100. The molecule has 0 aliphatic carbocycles. The summed E-state index contributed by atoms with van der Waals surface area (Å²) in [6, 6.07) is 5.67. The lowest BCUT2D eigenvalue weighted by Crippen LogP contribution is -2.51. The quantitative estimate of drug-likeness (QED) is 0.674. The zero-order valence-electron chi connectivity index (χ0n) is 17.9. The van der Waals surface area contributed by atoms with E-state index in [4.69, 9.17) is 4.74 Å². The fourth-order valence-corrected chi connectivity index (χ4v) is 4.36. The monoisotopic (exact) mass is 421 g/mol. The molecule has 0 aromatic carbocycles. The summed E-state index contributed by atoms with van der Waals surface area (Å²) in [7, 11) is 1.82. The van der Waals surface area contributed by atoms with Gasteiger partial charge in [-0.25, -0.2) is 9.97 Å². The first-order valence-electron chi connectivity index (χ1n) is 10.7. The van der Waals surface area contributed by atoms with E-state index in [1.165, 1.54) is 0 Å². The average molecular weight is 422 g/mol. The molecule has 2 saturated heterocycles. The van der Waals surface area contributed by atoms with E-state index in [9.17, 15) is 4.79 Å². The zero-order valence-corrected chi connectivity index (χ0v) is 17.9. The Morgan fingerprint density at radius 1 is 1.26 bits per heavy atom. The van der Waals surface area contributed by atoms with Crippen molar-refractivity contribution in [1.82, 2.24) is 29.9 Å². The smallest absolute Gasteiger partial charge is 0.228 e. The number of anilines is 1. The minimum absolute atomic E-state index is 0.0121. The number of carbonyl (C=O) groups is 1. The number of likely N-dealkylation sites (tertiary alicyclic amines) is 1. The molecule has 2 fully saturated rings. The molecule has 9 nitrogen and oxygen atoms in total. The summed E-state index contributed by atoms with van der Waals surface area (Å²) < 4.78 is 7.00. The van der Waals surface area contributed by atoms with Crippen LogP contribution in [0.3, 0.4) is 0 Å². The molecule has 2 aliphatic rings. The van der Waals surface area contributed by atoms with Crippen molar-refractivity contribution < 1.29 is 9.53 Å². The molecule has 0 saturated carbocycles. The van der Waals surface area contributed by atoms with Gasteiger partial charge in [-0.05, 0) is 38.1 Å². The van der Waals surface area contributed by atoms with E-state index >= 15 is 0 Å². The van der Waals surface area contributed by atoms with Crippen molar-refractivity contribution in [2.45, 2.75) is 19.8 Å². The summed E-state index contributed by atoms with van der Waals surface area (Å²) in [4.78, 5) is 24.4. The average Bonchev–Trinajstić information content (AvgIpc) is 3.19. The molecule has 0 unspecified atom stereocenters. The second-order valence-corrected chi connectivity index (χ2v) is 9.08. The molecule has 5 rings (SSSR count). The molecule has 162 valence electrons. The van der Waals surface area contributed by atoms with Crippen molar-refractivity contribution in [3.8, 4) is 11.4 Å². The molecular weight excluding hydrogens is 394 g/mol. The fraction of sp³-hybridized carbons (Fsp3) is 0.500. The van der Waals surface area contributed by atoms with Crippen LogP contribution in [0.1, 0.15) is 19.8 Å². The Hall–Kier alpha value is -2.91. The number of fused-ring (bicyclic) bond motifs is 1. The maximum absolute atomic E-state index is 12.8. The van der Waals surface area contributed by atoms with Crippen LogP contribution in [0.25, 0.3) is 22.3 Å². The van der Waals surface area contributed by atoms with E-state index in [0.29, 0.717) is 11.5 Å². The molecule has 5 heterocycles. The van der Waals surface area contributed by atoms with Crippen LogP contribution in [-0.2, 0) is 16.6 Å². The molecule has 0 atom stereocenters. The number of nitrogens with zero attached hydrogens (tertiary/aromatic N) is 6. The Morgan fingerprint density at radius 2 is 2.06 bits per heavy atom. The van der Waals surface area contributed by atoms with Gasteiger partial charge >= 0.3 is 0 Å². The highest BCUT2D eigenvalue weighted by Gasteiger charge is 2.36. The lowest BCUT2D eigenvalue weighted by atomic mass is 9.86. The predicted octanol–water partition coefficient (Wildman–Crippen LogP) is 2.11. The van der Waals surface area contributed by atoms with Crippen LogP contribution in [0.5, 0.6) is 0 Å². The van der Waals surface area contributed by atoms with Gasteiger partial charge in [0.2, 0.25) is 5.91 Å². The standard InChI is InChI=1S/C22H27N7O2/c1-22(13-31-14-22)12-29-7-5-15(6-8-29)21(30)25-20-9-18-16(10-23-20)3-4-17(24-18)19-11-28(2)27-26-19/h3-4,9-11,15H,5-8,12-14H2,1-2H3,(H,23,25,30). The van der Waals surface area contributed by atoms with Crippen LogP contribution < -0.4 is 5.32 Å². The first-order valence-corrected chi connectivity index (χ1v) is 10.7. The van der Waals surface area contributed by atoms with Gasteiger partial charge in [-0.15, -0.1) is 5.10 Å². The van der Waals surface area contributed by atoms with Gasteiger partial charge < -0.3 is 15.0 Å². The summed E-state index contributed by atoms with van der Waals surface area (Å²) in [5.74, 6) is 0.579. The van der Waals surface area contributed by atoms with Crippen molar-refractivity contribution in [1.29, 1.82) is 0 Å². The van der Waals surface area contributed by atoms with Crippen LogP contribution in [0.2, 0.25) is 0 Å². The van der Waals surface area contributed by atoms with Crippen molar-refractivity contribution >= 4 is 22.6 Å². The Morgan fingerprint density at radius 3 is 2.74 bits per heavy atom. The first kappa shape index (κ1) is 20.0. The molecular formula is C22H27N7O2. The number of carbonyl (C=O) groups excluding carboxylic acids is 1. The molecule has 3 aromatic rings. The molecule has 31 heavy (non-hydrogen) atoms. The third-order valence-corrected chi connectivity index (χ3v) is 6.15. The third kappa shape index (κ3) is 4.28. The third-order valence-electron chi connectivity index (χ3n) is 6.15. The van der Waals surface area contributed by atoms with Crippen molar-refractivity contribution in [2.75, 3.05) is 38.2 Å². The van der Waals surface area contributed by atoms with Crippen molar-refractivity contribution in [2.24, 2.45) is 18.4 Å². The SMILES string of the molecule is Cn1cc(-c2ccc3cnc(NC(=O)C4CCN(CC5(C)COC5)CC4)cc3n2)nn1. The predicted molar refractivity (Wildman–Crippen MR) is 116 cm³/mol. The highest BCUT2D eigenvalue weighted by atomic mass is 16.5. The maximum Gasteiger partial charge on any atom is 0.228 e. The minimum atomic E-state index is 0.0121. The van der Waals surface area contributed by atoms with E-state index in [2.05, 4.69) is 37.4 Å². The molecule has 0 bridgehead atoms. The molecule has 1 N–H and O–H groups in total. The number of nitrogens with one attached hydrogen (secondary N) is 1. The van der Waals surface area contributed by atoms with Crippen LogP contribution in [0.4, 0.5) is 5.82 Å². The highest BCUT2D eigenvalue weighted by Crippen LogP contribution is 2.30. The van der Waals surface area contributed by atoms with E-state index < -0.39 is 0 Å². The number of rotatable bonds is 5. The summed E-state index contributed by atoms with van der Waals surface area (Å²) >= 11 is 0. The summed E-state index contributed by atoms with van der Waals surface area (Å²) in [6.07, 6.45) is 5.29. The van der Waals surface area contributed by atoms with E-state index in [1.54, 1.807) is 10.9 Å². The van der Waals surface area contributed by atoms with Crippen LogP contribution in [-0.4, -0.2) is 68.6 Å². The Balaban J connectivity index is 1.23. The van der Waals surface area contributed by atoms with Gasteiger partial charge in [-0.3, -0.25) is 9.48 Å². The van der Waals surface area contributed by atoms with Crippen LogP contribution in [0, 0.1) is 11.3 Å². The van der Waals surface area contributed by atoms with Crippen LogP contribution in [0.15, 0.2) is 30.6 Å². The summed E-state index contributed by atoms with van der Waals surface area (Å²) in [5, 5.41) is 12.0. The number of piperidine rings is 1. The lowest BCUT2D eigenvalue weighted by molar-refractivity contribution is -0.125. The minimum Gasteiger partial charge on any atom is -0.380 e. The normalized spacial score (nSPS) is 19.3. The van der Waals surface area contributed by atoms with Crippen molar-refractivity contribution in [3.63, 3.8) is 0 Å². The number of pyridine rings is 2. The topological polar surface area (TPSA) is 98.1 Å². The Kier molecular flexibility index (Phi) is 5.15. The summed E-state index contributed by atoms with van der Waals surface area (Å²) in [6.45, 7) is 6.89. The highest BCUT2D eigenvalue weighted by molar-refractivity contribution is 5.93. The van der Waals surface area contributed by atoms with Gasteiger partial charge in [-0.1, -0.05) is 12.1 Å². The van der Waals surface area contributed by atoms with Gasteiger partial charge in [0.25, 0.3) is 0 Å². The fourth-order valence-electron chi connectivity index (χ4n) is 4.36.